The predicted molar refractivity (Wildman–Crippen MR) is 58.4 cm³/mol. The molecular formula is C9H6F3IO4. The monoisotopic (exact) mass is 362 g/mol. The molecule has 4 nitrogen and oxygen atoms in total. The molecule has 0 aliphatic heterocycles. The second-order valence-corrected chi connectivity index (χ2v) is 4.25. The maximum atomic E-state index is 12.0. The van der Waals surface area contributed by atoms with Crippen LogP contribution in [0, 0.1) is 3.57 Å². The molecule has 8 heteroatoms. The van der Waals surface area contributed by atoms with E-state index < -0.39 is 24.2 Å². The minimum Gasteiger partial charge on any atom is -0.479 e. The zero-order valence-electron chi connectivity index (χ0n) is 8.03. The van der Waals surface area contributed by atoms with Gasteiger partial charge in [-0.15, -0.1) is 13.2 Å². The number of aliphatic carboxylic acids is 1. The van der Waals surface area contributed by atoms with Crippen LogP contribution in [0.25, 0.3) is 0 Å². The summed E-state index contributed by atoms with van der Waals surface area (Å²) >= 11 is 1.69. The summed E-state index contributed by atoms with van der Waals surface area (Å²) in [6.45, 7) is 0. The van der Waals surface area contributed by atoms with E-state index in [1.165, 1.54) is 6.07 Å². The molecule has 1 atom stereocenters. The van der Waals surface area contributed by atoms with Crippen molar-refractivity contribution in [3.8, 4) is 5.75 Å². The summed E-state index contributed by atoms with van der Waals surface area (Å²) in [6.07, 6.45) is -6.75. The molecule has 1 aromatic carbocycles. The maximum Gasteiger partial charge on any atom is 0.573 e. The Morgan fingerprint density at radius 3 is 2.41 bits per heavy atom. The number of carboxylic acid groups (broad SMARTS) is 1. The van der Waals surface area contributed by atoms with Gasteiger partial charge in [0.1, 0.15) is 5.75 Å². The zero-order valence-corrected chi connectivity index (χ0v) is 10.2. The van der Waals surface area contributed by atoms with Gasteiger partial charge in [0, 0.05) is 3.57 Å². The fraction of sp³-hybridized carbons (Fsp3) is 0.222. The van der Waals surface area contributed by atoms with Gasteiger partial charge in [0.25, 0.3) is 0 Å². The van der Waals surface area contributed by atoms with E-state index in [2.05, 4.69) is 4.74 Å². The van der Waals surface area contributed by atoms with E-state index in [9.17, 15) is 23.1 Å². The van der Waals surface area contributed by atoms with Crippen LogP contribution in [0.4, 0.5) is 13.2 Å². The summed E-state index contributed by atoms with van der Waals surface area (Å²) in [6, 6.07) is 3.16. The van der Waals surface area contributed by atoms with Gasteiger partial charge in [-0.2, -0.15) is 0 Å². The van der Waals surface area contributed by atoms with Crippen molar-refractivity contribution < 1.29 is 32.9 Å². The van der Waals surface area contributed by atoms with Crippen LogP contribution in [-0.4, -0.2) is 22.5 Å². The summed E-state index contributed by atoms with van der Waals surface area (Å²) in [5, 5.41) is 17.7. The van der Waals surface area contributed by atoms with Crippen LogP contribution < -0.4 is 4.74 Å². The van der Waals surface area contributed by atoms with Gasteiger partial charge >= 0.3 is 12.3 Å². The molecule has 94 valence electrons. The summed E-state index contributed by atoms with van der Waals surface area (Å²) in [4.78, 5) is 10.5. The normalized spacial score (nSPS) is 13.2. The average molecular weight is 362 g/mol. The first kappa shape index (κ1) is 14.0. The van der Waals surface area contributed by atoms with Crippen molar-refractivity contribution in [1.29, 1.82) is 0 Å². The maximum absolute atomic E-state index is 12.0. The first-order valence-electron chi connectivity index (χ1n) is 4.16. The molecule has 0 amide bonds. The molecule has 0 saturated carbocycles. The number of aliphatic hydroxyl groups is 1. The fourth-order valence-corrected chi connectivity index (χ4v) is 1.74. The van der Waals surface area contributed by atoms with Gasteiger partial charge in [-0.05, 0) is 46.4 Å². The minimum atomic E-state index is -4.87. The number of benzene rings is 1. The van der Waals surface area contributed by atoms with Crippen molar-refractivity contribution in [2.24, 2.45) is 0 Å². The van der Waals surface area contributed by atoms with Crippen molar-refractivity contribution in [3.05, 3.63) is 27.3 Å². The second-order valence-electron chi connectivity index (χ2n) is 3.01. The molecule has 0 heterocycles. The average Bonchev–Trinajstić information content (AvgIpc) is 2.12. The first-order valence-corrected chi connectivity index (χ1v) is 5.24. The fourth-order valence-electron chi connectivity index (χ4n) is 1.08. The van der Waals surface area contributed by atoms with E-state index in [0.29, 0.717) is 3.57 Å². The topological polar surface area (TPSA) is 66.8 Å². The molecule has 17 heavy (non-hydrogen) atoms. The number of hydrogen-bond acceptors (Lipinski definition) is 3. The van der Waals surface area contributed by atoms with E-state index in [1.807, 2.05) is 0 Å². The summed E-state index contributed by atoms with van der Waals surface area (Å²) < 4.78 is 39.8. The standard InChI is InChI=1S/C9H6F3IO4/c10-9(11,12)17-6-2-4(1-5(13)3-6)7(14)8(15)16/h1-3,7,14H,(H,15,16). The molecule has 2 N–H and O–H groups in total. The second kappa shape index (κ2) is 5.08. The van der Waals surface area contributed by atoms with Crippen molar-refractivity contribution in [2.45, 2.75) is 12.5 Å². The number of alkyl halides is 3. The third kappa shape index (κ3) is 4.38. The Kier molecular flexibility index (Phi) is 4.20. The van der Waals surface area contributed by atoms with Crippen LogP contribution in [0.5, 0.6) is 5.75 Å². The van der Waals surface area contributed by atoms with Crippen LogP contribution in [0.15, 0.2) is 18.2 Å². The van der Waals surface area contributed by atoms with Gasteiger partial charge in [-0.25, -0.2) is 4.79 Å². The molecule has 0 fully saturated rings. The van der Waals surface area contributed by atoms with Gasteiger partial charge in [-0.3, -0.25) is 0 Å². The van der Waals surface area contributed by atoms with Gasteiger partial charge in [-0.1, -0.05) is 0 Å². The minimum absolute atomic E-state index is 0.177. The van der Waals surface area contributed by atoms with Crippen LogP contribution in [0.2, 0.25) is 0 Å². The number of hydrogen-bond donors (Lipinski definition) is 2. The van der Waals surface area contributed by atoms with Gasteiger partial charge in [0.15, 0.2) is 6.10 Å². The quantitative estimate of drug-likeness (QED) is 0.810. The molecule has 0 saturated heterocycles. The number of carboxylic acids is 1. The predicted octanol–water partition coefficient (Wildman–Crippen LogP) is 2.31. The Labute approximate surface area is 107 Å². The van der Waals surface area contributed by atoms with Crippen molar-refractivity contribution in [1.82, 2.24) is 0 Å². The van der Waals surface area contributed by atoms with E-state index in [4.69, 9.17) is 5.11 Å². The number of rotatable bonds is 3. The lowest BCUT2D eigenvalue weighted by Crippen LogP contribution is -2.18. The summed E-state index contributed by atoms with van der Waals surface area (Å²) in [7, 11) is 0. The largest absolute Gasteiger partial charge is 0.573 e. The van der Waals surface area contributed by atoms with Crippen molar-refractivity contribution in [2.75, 3.05) is 0 Å². The molecule has 0 aliphatic rings. The SMILES string of the molecule is O=C(O)C(O)c1cc(I)cc(OC(F)(F)F)c1. The van der Waals surface area contributed by atoms with E-state index in [-0.39, 0.29) is 5.56 Å². The molecule has 1 unspecified atom stereocenters. The Morgan fingerprint density at radius 2 is 1.94 bits per heavy atom. The van der Waals surface area contributed by atoms with Gasteiger partial charge < -0.3 is 14.9 Å². The lowest BCUT2D eigenvalue weighted by atomic mass is 10.1. The highest BCUT2D eigenvalue weighted by Gasteiger charge is 2.31. The third-order valence-corrected chi connectivity index (χ3v) is 2.30. The van der Waals surface area contributed by atoms with Crippen LogP contribution in [-0.2, 0) is 4.79 Å². The first-order chi connectivity index (χ1) is 7.69. The molecule has 1 aromatic rings. The Morgan fingerprint density at radius 1 is 1.35 bits per heavy atom. The third-order valence-electron chi connectivity index (χ3n) is 1.68. The number of aliphatic hydroxyl groups excluding tert-OH is 1. The Bertz CT molecular complexity index is 433. The Balaban J connectivity index is 3.06. The molecule has 0 aromatic heterocycles. The van der Waals surface area contributed by atoms with E-state index in [0.717, 1.165) is 12.1 Å². The molecular weight excluding hydrogens is 356 g/mol. The highest BCUT2D eigenvalue weighted by molar-refractivity contribution is 14.1. The highest BCUT2D eigenvalue weighted by atomic mass is 127. The number of halogens is 4. The lowest BCUT2D eigenvalue weighted by molar-refractivity contribution is -0.274. The van der Waals surface area contributed by atoms with Crippen molar-refractivity contribution in [3.63, 3.8) is 0 Å². The van der Waals surface area contributed by atoms with Gasteiger partial charge in [0.05, 0.1) is 0 Å². The molecule has 1 rings (SSSR count). The summed E-state index contributed by atoms with van der Waals surface area (Å²) in [5.41, 5.74) is -0.177. The van der Waals surface area contributed by atoms with Crippen LogP contribution in [0.1, 0.15) is 11.7 Å². The zero-order chi connectivity index (χ0) is 13.2. The van der Waals surface area contributed by atoms with E-state index >= 15 is 0 Å². The summed E-state index contributed by atoms with van der Waals surface area (Å²) in [5.74, 6) is -2.12. The van der Waals surface area contributed by atoms with Gasteiger partial charge in [0.2, 0.25) is 0 Å². The molecule has 0 spiro atoms. The highest BCUT2D eigenvalue weighted by Crippen LogP contribution is 2.28. The molecule has 0 radical (unpaired) electrons. The Hall–Kier alpha value is -1.03. The van der Waals surface area contributed by atoms with Crippen LogP contribution >= 0.6 is 22.6 Å². The molecule has 0 bridgehead atoms. The lowest BCUT2D eigenvalue weighted by Gasteiger charge is -2.12. The van der Waals surface area contributed by atoms with E-state index in [1.54, 1.807) is 22.6 Å². The molecule has 0 aliphatic carbocycles. The smallest absolute Gasteiger partial charge is 0.479 e. The van der Waals surface area contributed by atoms with Crippen molar-refractivity contribution >= 4 is 28.6 Å². The number of ether oxygens (including phenoxy) is 1. The van der Waals surface area contributed by atoms with Crippen LogP contribution in [0.3, 0.4) is 0 Å². The number of carbonyl (C=O) groups is 1.